The molecule has 0 aromatic rings. The molecule has 2 saturated heterocycles. The summed E-state index contributed by atoms with van der Waals surface area (Å²) in [7, 11) is 2.97. The van der Waals surface area contributed by atoms with E-state index in [9.17, 15) is 14.7 Å². The van der Waals surface area contributed by atoms with Crippen molar-refractivity contribution in [1.82, 2.24) is 0 Å². The van der Waals surface area contributed by atoms with Gasteiger partial charge in [-0.25, -0.2) is 4.79 Å². The Kier molecular flexibility index (Phi) is 4.48. The maximum absolute atomic E-state index is 11.6. The van der Waals surface area contributed by atoms with Crippen LogP contribution in [0.5, 0.6) is 0 Å². The number of ether oxygens (including phenoxy) is 5. The first-order valence-corrected chi connectivity index (χ1v) is 5.81. The van der Waals surface area contributed by atoms with Crippen LogP contribution < -0.4 is 0 Å². The Balaban J connectivity index is 1.88. The van der Waals surface area contributed by atoms with E-state index in [0.717, 1.165) is 0 Å². The van der Waals surface area contributed by atoms with Crippen molar-refractivity contribution in [2.24, 2.45) is 0 Å². The van der Waals surface area contributed by atoms with Crippen LogP contribution in [0.2, 0.25) is 0 Å². The van der Waals surface area contributed by atoms with Crippen LogP contribution in [-0.2, 0) is 33.3 Å². The number of methoxy groups -OCH3 is 2. The van der Waals surface area contributed by atoms with Gasteiger partial charge in [0.05, 0.1) is 6.61 Å². The summed E-state index contributed by atoms with van der Waals surface area (Å²) in [4.78, 5) is 22.6. The van der Waals surface area contributed by atoms with Crippen molar-refractivity contribution in [1.29, 1.82) is 0 Å². The van der Waals surface area contributed by atoms with Crippen molar-refractivity contribution in [3.63, 3.8) is 0 Å². The molecule has 0 aromatic heterocycles. The van der Waals surface area contributed by atoms with Crippen molar-refractivity contribution >= 4 is 11.8 Å². The molecular formula is C11H16O8. The van der Waals surface area contributed by atoms with Crippen LogP contribution in [0.1, 0.15) is 6.42 Å². The number of ketones is 1. The number of carbonyl (C=O) groups excluding carboxylic acids is 2. The van der Waals surface area contributed by atoms with E-state index in [1.54, 1.807) is 0 Å². The molecule has 19 heavy (non-hydrogen) atoms. The summed E-state index contributed by atoms with van der Waals surface area (Å²) in [6.07, 6.45) is -4.33. The molecule has 1 N–H and O–H groups in total. The molecule has 4 unspecified atom stereocenters. The van der Waals surface area contributed by atoms with Crippen LogP contribution in [0.3, 0.4) is 0 Å². The molecule has 8 nitrogen and oxygen atoms in total. The summed E-state index contributed by atoms with van der Waals surface area (Å²) in [6, 6.07) is 0. The number of carbonyl (C=O) groups is 2. The number of hydrogen-bond acceptors (Lipinski definition) is 8. The highest BCUT2D eigenvalue weighted by molar-refractivity contribution is 6.09. The third-order valence-corrected chi connectivity index (χ3v) is 3.04. The second kappa shape index (κ2) is 5.93. The van der Waals surface area contributed by atoms with Gasteiger partial charge >= 0.3 is 5.97 Å². The van der Waals surface area contributed by atoms with E-state index < -0.39 is 42.6 Å². The van der Waals surface area contributed by atoms with Gasteiger partial charge in [0.1, 0.15) is 6.10 Å². The molecule has 2 aliphatic rings. The van der Waals surface area contributed by atoms with E-state index in [0.29, 0.717) is 6.42 Å². The average molecular weight is 276 g/mol. The molecular weight excluding hydrogens is 260 g/mol. The summed E-state index contributed by atoms with van der Waals surface area (Å²) in [6.45, 7) is 0.0984. The number of aliphatic hydroxyl groups is 1. The van der Waals surface area contributed by atoms with Gasteiger partial charge in [-0.3, -0.25) is 4.79 Å². The smallest absolute Gasteiger partial charge is 0.343 e. The van der Waals surface area contributed by atoms with Crippen LogP contribution in [0.4, 0.5) is 0 Å². The van der Waals surface area contributed by atoms with Crippen molar-refractivity contribution in [3.05, 3.63) is 0 Å². The molecule has 2 rings (SSSR count). The Morgan fingerprint density at radius 2 is 2.05 bits per heavy atom. The first-order chi connectivity index (χ1) is 9.06. The number of hydrogen-bond donors (Lipinski definition) is 1. The molecule has 2 heterocycles. The van der Waals surface area contributed by atoms with E-state index in [-0.39, 0.29) is 6.61 Å². The SMILES string of the molecule is COC(CC1OCC(C2OC(=O)C(O)C2=O)O1)OC. The van der Waals surface area contributed by atoms with Gasteiger partial charge in [0.25, 0.3) is 0 Å². The van der Waals surface area contributed by atoms with E-state index in [1.807, 2.05) is 0 Å². The molecule has 0 spiro atoms. The van der Waals surface area contributed by atoms with Gasteiger partial charge in [-0.15, -0.1) is 0 Å². The minimum Gasteiger partial charge on any atom is -0.449 e. The van der Waals surface area contributed by atoms with Gasteiger partial charge in [-0.1, -0.05) is 0 Å². The predicted octanol–water partition coefficient (Wildman–Crippen LogP) is -1.41. The van der Waals surface area contributed by atoms with E-state index >= 15 is 0 Å². The Morgan fingerprint density at radius 3 is 2.58 bits per heavy atom. The Morgan fingerprint density at radius 1 is 1.37 bits per heavy atom. The molecule has 0 saturated carbocycles. The minimum absolute atomic E-state index is 0.0984. The van der Waals surface area contributed by atoms with Gasteiger partial charge in [0.2, 0.25) is 11.9 Å². The van der Waals surface area contributed by atoms with Crippen molar-refractivity contribution in [3.8, 4) is 0 Å². The van der Waals surface area contributed by atoms with Gasteiger partial charge in [-0.2, -0.15) is 0 Å². The molecule has 108 valence electrons. The largest absolute Gasteiger partial charge is 0.449 e. The van der Waals surface area contributed by atoms with Gasteiger partial charge in [-0.05, 0) is 0 Å². The topological polar surface area (TPSA) is 101 Å². The molecule has 0 amide bonds. The highest BCUT2D eigenvalue weighted by atomic mass is 16.7. The summed E-state index contributed by atoms with van der Waals surface area (Å²) in [5.41, 5.74) is 0. The van der Waals surface area contributed by atoms with Crippen LogP contribution in [0.15, 0.2) is 0 Å². The molecule has 0 radical (unpaired) electrons. The summed E-state index contributed by atoms with van der Waals surface area (Å²) in [5, 5.41) is 9.22. The van der Waals surface area contributed by atoms with E-state index in [4.69, 9.17) is 23.7 Å². The summed E-state index contributed by atoms with van der Waals surface area (Å²) >= 11 is 0. The van der Waals surface area contributed by atoms with Crippen molar-refractivity contribution in [2.45, 2.75) is 37.3 Å². The average Bonchev–Trinajstić information content (AvgIpc) is 2.96. The Hall–Kier alpha value is -1.06. The summed E-state index contributed by atoms with van der Waals surface area (Å²) in [5.74, 6) is -1.65. The zero-order chi connectivity index (χ0) is 14.0. The lowest BCUT2D eigenvalue weighted by molar-refractivity contribution is -0.170. The quantitative estimate of drug-likeness (QED) is 0.371. The van der Waals surface area contributed by atoms with Crippen LogP contribution in [0, 0.1) is 0 Å². The van der Waals surface area contributed by atoms with E-state index in [2.05, 4.69) is 0 Å². The van der Waals surface area contributed by atoms with Gasteiger partial charge in [0, 0.05) is 20.6 Å². The van der Waals surface area contributed by atoms with Crippen LogP contribution in [0.25, 0.3) is 0 Å². The third-order valence-electron chi connectivity index (χ3n) is 3.04. The second-order valence-corrected chi connectivity index (χ2v) is 4.24. The zero-order valence-corrected chi connectivity index (χ0v) is 10.6. The fraction of sp³-hybridized carbons (Fsp3) is 0.818. The molecule has 0 bridgehead atoms. The zero-order valence-electron chi connectivity index (χ0n) is 10.6. The van der Waals surface area contributed by atoms with Crippen molar-refractivity contribution < 1.29 is 38.4 Å². The molecule has 8 heteroatoms. The number of aliphatic hydroxyl groups excluding tert-OH is 1. The van der Waals surface area contributed by atoms with Crippen molar-refractivity contribution in [2.75, 3.05) is 20.8 Å². The number of esters is 1. The Bertz CT molecular complexity index is 353. The number of cyclic esters (lactones) is 1. The molecule has 0 aliphatic carbocycles. The predicted molar refractivity (Wildman–Crippen MR) is 57.9 cm³/mol. The Labute approximate surface area is 109 Å². The highest BCUT2D eigenvalue weighted by Crippen LogP contribution is 2.25. The molecule has 0 aromatic carbocycles. The lowest BCUT2D eigenvalue weighted by Gasteiger charge is -2.18. The molecule has 2 fully saturated rings. The first-order valence-electron chi connectivity index (χ1n) is 5.81. The molecule has 4 atom stereocenters. The minimum atomic E-state index is -1.72. The fourth-order valence-electron chi connectivity index (χ4n) is 1.98. The fourth-order valence-corrected chi connectivity index (χ4v) is 1.98. The number of rotatable bonds is 5. The molecule has 2 aliphatic heterocycles. The monoisotopic (exact) mass is 276 g/mol. The van der Waals surface area contributed by atoms with E-state index in [1.165, 1.54) is 14.2 Å². The maximum Gasteiger partial charge on any atom is 0.343 e. The highest BCUT2D eigenvalue weighted by Gasteiger charge is 2.49. The van der Waals surface area contributed by atoms with Gasteiger partial charge in [0.15, 0.2) is 18.7 Å². The standard InChI is InChI=1S/C11H16O8/c1-15-6(16-2)3-7-17-4-5(18-7)10-8(12)9(13)11(14)19-10/h5-7,9-10,13H,3-4H2,1-2H3. The maximum atomic E-state index is 11.6. The van der Waals surface area contributed by atoms with Gasteiger partial charge < -0.3 is 28.8 Å². The van der Waals surface area contributed by atoms with Crippen LogP contribution >= 0.6 is 0 Å². The normalized spacial score (nSPS) is 35.2. The second-order valence-electron chi connectivity index (χ2n) is 4.24. The lowest BCUT2D eigenvalue weighted by Crippen LogP contribution is -2.36. The van der Waals surface area contributed by atoms with Crippen LogP contribution in [-0.4, -0.2) is 68.6 Å². The number of Topliss-reactive ketones (excluding diaryl/α,β-unsaturated/α-hetero) is 1. The first kappa shape index (κ1) is 14.4. The lowest BCUT2D eigenvalue weighted by atomic mass is 10.1. The third kappa shape index (κ3) is 2.93. The summed E-state index contributed by atoms with van der Waals surface area (Å²) < 4.78 is 25.6.